The van der Waals surface area contributed by atoms with Gasteiger partial charge in [0.2, 0.25) is 0 Å². The SMILES string of the molecule is CCNC(Cc1ccc(Cl)cc1F)C1CCCC(CC)C1. The summed E-state index contributed by atoms with van der Waals surface area (Å²) in [6, 6.07) is 5.43. The van der Waals surface area contributed by atoms with E-state index in [-0.39, 0.29) is 5.82 Å². The van der Waals surface area contributed by atoms with Crippen LogP contribution in [0.4, 0.5) is 4.39 Å². The first kappa shape index (κ1) is 16.8. The number of rotatable bonds is 6. The fraction of sp³-hybridized carbons (Fsp3) is 0.667. The van der Waals surface area contributed by atoms with Gasteiger partial charge in [-0.1, -0.05) is 50.8 Å². The van der Waals surface area contributed by atoms with Crippen LogP contribution in [0.1, 0.15) is 51.5 Å². The summed E-state index contributed by atoms with van der Waals surface area (Å²) in [5.41, 5.74) is 0.781. The minimum Gasteiger partial charge on any atom is -0.314 e. The maximum atomic E-state index is 14.0. The second kappa shape index (κ2) is 8.14. The molecule has 1 N–H and O–H groups in total. The minimum atomic E-state index is -0.173. The molecule has 1 aliphatic carbocycles. The highest BCUT2D eigenvalue weighted by atomic mass is 35.5. The Labute approximate surface area is 133 Å². The van der Waals surface area contributed by atoms with Gasteiger partial charge in [-0.05, 0) is 55.3 Å². The summed E-state index contributed by atoms with van der Waals surface area (Å²) in [7, 11) is 0. The van der Waals surface area contributed by atoms with Crippen LogP contribution in [0, 0.1) is 17.7 Å². The van der Waals surface area contributed by atoms with Crippen LogP contribution in [-0.4, -0.2) is 12.6 Å². The molecule has 0 spiro atoms. The van der Waals surface area contributed by atoms with E-state index in [1.807, 2.05) is 6.07 Å². The maximum Gasteiger partial charge on any atom is 0.127 e. The van der Waals surface area contributed by atoms with Gasteiger partial charge in [0.05, 0.1) is 0 Å². The average molecular weight is 312 g/mol. The highest BCUT2D eigenvalue weighted by Crippen LogP contribution is 2.34. The van der Waals surface area contributed by atoms with E-state index in [1.165, 1.54) is 38.2 Å². The molecule has 1 fully saturated rings. The van der Waals surface area contributed by atoms with E-state index >= 15 is 0 Å². The van der Waals surface area contributed by atoms with E-state index in [0.29, 0.717) is 17.0 Å². The van der Waals surface area contributed by atoms with Gasteiger partial charge in [0, 0.05) is 11.1 Å². The summed E-state index contributed by atoms with van der Waals surface area (Å²) in [4.78, 5) is 0. The molecule has 3 unspecified atom stereocenters. The number of benzene rings is 1. The van der Waals surface area contributed by atoms with Crippen molar-refractivity contribution in [1.29, 1.82) is 0 Å². The Bertz CT molecular complexity index is 449. The first-order valence-corrected chi connectivity index (χ1v) is 8.69. The van der Waals surface area contributed by atoms with E-state index in [4.69, 9.17) is 11.6 Å². The molecule has 0 heterocycles. The smallest absolute Gasteiger partial charge is 0.127 e. The molecule has 1 aromatic carbocycles. The summed E-state index contributed by atoms with van der Waals surface area (Å²) in [5.74, 6) is 1.34. The van der Waals surface area contributed by atoms with E-state index in [9.17, 15) is 4.39 Å². The lowest BCUT2D eigenvalue weighted by atomic mass is 9.75. The number of hydrogen-bond donors (Lipinski definition) is 1. The molecule has 0 amide bonds. The Kier molecular flexibility index (Phi) is 6.50. The Balaban J connectivity index is 2.07. The predicted molar refractivity (Wildman–Crippen MR) is 88.3 cm³/mol. The van der Waals surface area contributed by atoms with Crippen molar-refractivity contribution < 1.29 is 4.39 Å². The lowest BCUT2D eigenvalue weighted by Gasteiger charge is -2.35. The molecule has 1 saturated carbocycles. The summed E-state index contributed by atoms with van der Waals surface area (Å²) in [6.45, 7) is 5.35. The van der Waals surface area contributed by atoms with Gasteiger partial charge < -0.3 is 5.32 Å². The normalized spacial score (nSPS) is 24.0. The monoisotopic (exact) mass is 311 g/mol. The third kappa shape index (κ3) is 4.69. The van der Waals surface area contributed by atoms with Gasteiger partial charge in [0.1, 0.15) is 5.82 Å². The van der Waals surface area contributed by atoms with Crippen LogP contribution < -0.4 is 5.32 Å². The molecule has 0 aliphatic heterocycles. The van der Waals surface area contributed by atoms with Gasteiger partial charge in [-0.3, -0.25) is 0 Å². The van der Waals surface area contributed by atoms with E-state index in [2.05, 4.69) is 19.2 Å². The molecule has 118 valence electrons. The lowest BCUT2D eigenvalue weighted by Crippen LogP contribution is -2.40. The number of hydrogen-bond acceptors (Lipinski definition) is 1. The van der Waals surface area contributed by atoms with Crippen LogP contribution in [0.15, 0.2) is 18.2 Å². The second-order valence-corrected chi connectivity index (χ2v) is 6.74. The Hall–Kier alpha value is -0.600. The molecule has 0 aromatic heterocycles. The molecule has 3 heteroatoms. The zero-order chi connectivity index (χ0) is 15.2. The van der Waals surface area contributed by atoms with Crippen molar-refractivity contribution in [1.82, 2.24) is 5.32 Å². The quantitative estimate of drug-likeness (QED) is 0.760. The summed E-state index contributed by atoms with van der Waals surface area (Å²) in [6.07, 6.45) is 7.25. The Morgan fingerprint density at radius 3 is 2.81 bits per heavy atom. The number of likely N-dealkylation sites (N-methyl/N-ethyl adjacent to an activating group) is 1. The molecule has 1 nitrogen and oxygen atoms in total. The van der Waals surface area contributed by atoms with Gasteiger partial charge >= 0.3 is 0 Å². The molecule has 3 atom stereocenters. The van der Waals surface area contributed by atoms with Gasteiger partial charge in [-0.15, -0.1) is 0 Å². The first-order chi connectivity index (χ1) is 10.1. The van der Waals surface area contributed by atoms with E-state index in [1.54, 1.807) is 6.07 Å². The van der Waals surface area contributed by atoms with Crippen molar-refractivity contribution in [2.45, 2.75) is 58.4 Å². The van der Waals surface area contributed by atoms with Crippen LogP contribution in [0.2, 0.25) is 5.02 Å². The summed E-state index contributed by atoms with van der Waals surface area (Å²) in [5, 5.41) is 4.06. The Morgan fingerprint density at radius 1 is 1.33 bits per heavy atom. The molecule has 2 rings (SSSR count). The van der Waals surface area contributed by atoms with Crippen LogP contribution in [0.25, 0.3) is 0 Å². The highest BCUT2D eigenvalue weighted by Gasteiger charge is 2.27. The topological polar surface area (TPSA) is 12.0 Å². The van der Waals surface area contributed by atoms with Gasteiger partial charge in [0.25, 0.3) is 0 Å². The molecule has 0 bridgehead atoms. The van der Waals surface area contributed by atoms with Crippen LogP contribution in [-0.2, 0) is 6.42 Å². The maximum absolute atomic E-state index is 14.0. The largest absolute Gasteiger partial charge is 0.314 e. The fourth-order valence-corrected chi connectivity index (χ4v) is 3.82. The number of nitrogens with one attached hydrogen (secondary N) is 1. The highest BCUT2D eigenvalue weighted by molar-refractivity contribution is 6.30. The summed E-state index contributed by atoms with van der Waals surface area (Å²) >= 11 is 5.85. The molecule has 1 aromatic rings. The predicted octanol–water partition coefficient (Wildman–Crippen LogP) is 5.22. The third-order valence-electron chi connectivity index (χ3n) is 4.89. The summed E-state index contributed by atoms with van der Waals surface area (Å²) < 4.78 is 14.0. The van der Waals surface area contributed by atoms with Crippen LogP contribution in [0.5, 0.6) is 0 Å². The van der Waals surface area contributed by atoms with E-state index in [0.717, 1.165) is 24.4 Å². The zero-order valence-electron chi connectivity index (χ0n) is 13.2. The van der Waals surface area contributed by atoms with Crippen molar-refractivity contribution in [3.8, 4) is 0 Å². The molecular formula is C18H27ClFN. The van der Waals surface area contributed by atoms with Gasteiger partial charge in [0.15, 0.2) is 0 Å². The molecule has 21 heavy (non-hydrogen) atoms. The van der Waals surface area contributed by atoms with Crippen molar-refractivity contribution in [3.63, 3.8) is 0 Å². The Morgan fingerprint density at radius 2 is 2.14 bits per heavy atom. The molecular weight excluding hydrogens is 285 g/mol. The minimum absolute atomic E-state index is 0.173. The van der Waals surface area contributed by atoms with Crippen LogP contribution >= 0.6 is 11.6 Å². The first-order valence-electron chi connectivity index (χ1n) is 8.31. The van der Waals surface area contributed by atoms with Crippen molar-refractivity contribution in [2.24, 2.45) is 11.8 Å². The van der Waals surface area contributed by atoms with Crippen molar-refractivity contribution in [2.75, 3.05) is 6.54 Å². The number of halogens is 2. The van der Waals surface area contributed by atoms with Crippen LogP contribution in [0.3, 0.4) is 0 Å². The standard InChI is InChI=1S/C18H27ClFN/c1-3-13-6-5-7-15(10-13)18(21-4-2)11-14-8-9-16(19)12-17(14)20/h8-9,12-13,15,18,21H,3-7,10-11H2,1-2H3. The second-order valence-electron chi connectivity index (χ2n) is 6.30. The molecule has 0 saturated heterocycles. The van der Waals surface area contributed by atoms with Gasteiger partial charge in [-0.2, -0.15) is 0 Å². The van der Waals surface area contributed by atoms with Crippen molar-refractivity contribution >= 4 is 11.6 Å². The van der Waals surface area contributed by atoms with E-state index < -0.39 is 0 Å². The third-order valence-corrected chi connectivity index (χ3v) is 5.13. The van der Waals surface area contributed by atoms with Crippen molar-refractivity contribution in [3.05, 3.63) is 34.6 Å². The lowest BCUT2D eigenvalue weighted by molar-refractivity contribution is 0.208. The zero-order valence-corrected chi connectivity index (χ0v) is 13.9. The molecule has 0 radical (unpaired) electrons. The molecule has 1 aliphatic rings. The average Bonchev–Trinajstić information content (AvgIpc) is 2.49. The van der Waals surface area contributed by atoms with Gasteiger partial charge in [-0.25, -0.2) is 4.39 Å². The fourth-order valence-electron chi connectivity index (χ4n) is 3.66.